The van der Waals surface area contributed by atoms with Crippen molar-refractivity contribution in [1.82, 2.24) is 0 Å². The average Bonchev–Trinajstić information content (AvgIpc) is 3.37. The van der Waals surface area contributed by atoms with Crippen LogP contribution in [0.1, 0.15) is 45.6 Å². The van der Waals surface area contributed by atoms with Gasteiger partial charge in [-0.25, -0.2) is 0 Å². The van der Waals surface area contributed by atoms with Crippen molar-refractivity contribution in [2.24, 2.45) is 17.8 Å². The molecule has 2 aliphatic rings. The zero-order valence-corrected chi connectivity index (χ0v) is 16.7. The van der Waals surface area contributed by atoms with Crippen LogP contribution in [0.3, 0.4) is 0 Å². The van der Waals surface area contributed by atoms with Crippen molar-refractivity contribution >= 4 is 28.7 Å². The Morgan fingerprint density at radius 3 is 2.37 bits per heavy atom. The molecule has 158 valence electrons. The zero-order valence-electron chi connectivity index (χ0n) is 15.9. The number of ketones is 3. The molecule has 2 fully saturated rings. The molecule has 2 atom stereocenters. The summed E-state index contributed by atoms with van der Waals surface area (Å²) in [5, 5.41) is 1.85. The average molecular weight is 436 g/mol. The first kappa shape index (κ1) is 20.9. The monoisotopic (exact) mass is 436 g/mol. The Kier molecular flexibility index (Phi) is 5.63. The molecule has 30 heavy (non-hydrogen) atoms. The number of carbonyl (C=O) groups is 3. The van der Waals surface area contributed by atoms with Crippen molar-refractivity contribution in [3.05, 3.63) is 57.3 Å². The van der Waals surface area contributed by atoms with Crippen LogP contribution in [0.15, 0.2) is 35.7 Å². The Bertz CT molecular complexity index is 959. The summed E-state index contributed by atoms with van der Waals surface area (Å²) in [6.45, 7) is -0.0438. The molecule has 4 nitrogen and oxygen atoms in total. The van der Waals surface area contributed by atoms with Crippen molar-refractivity contribution in [1.29, 1.82) is 0 Å². The number of ether oxygens (including phenoxy) is 1. The van der Waals surface area contributed by atoms with E-state index in [9.17, 15) is 27.6 Å². The Morgan fingerprint density at radius 2 is 1.77 bits per heavy atom. The number of alkyl halides is 3. The summed E-state index contributed by atoms with van der Waals surface area (Å²) in [6, 6.07) is 6.40. The number of carbonyl (C=O) groups excluding carboxylic acids is 3. The normalized spacial score (nSPS) is 23.8. The fourth-order valence-corrected chi connectivity index (χ4v) is 4.95. The van der Waals surface area contributed by atoms with Gasteiger partial charge in [-0.05, 0) is 48.4 Å². The van der Waals surface area contributed by atoms with Gasteiger partial charge in [-0.3, -0.25) is 14.4 Å². The first-order chi connectivity index (χ1) is 14.3. The van der Waals surface area contributed by atoms with Gasteiger partial charge in [0.05, 0.1) is 18.8 Å². The minimum absolute atomic E-state index is 0.0323. The van der Waals surface area contributed by atoms with Gasteiger partial charge in [-0.15, -0.1) is 11.3 Å². The third-order valence-corrected chi connectivity index (χ3v) is 6.70. The molecule has 1 heterocycles. The third-order valence-electron chi connectivity index (χ3n) is 5.85. The molecule has 2 unspecified atom stereocenters. The Labute approximate surface area is 175 Å². The number of hydrogen-bond donors (Lipinski definition) is 0. The molecule has 0 aliphatic heterocycles. The number of rotatable bonds is 6. The van der Waals surface area contributed by atoms with Crippen LogP contribution in [0.4, 0.5) is 13.2 Å². The summed E-state index contributed by atoms with van der Waals surface area (Å²) >= 11 is 1.45. The van der Waals surface area contributed by atoms with Crippen LogP contribution in [0.5, 0.6) is 0 Å². The maximum atomic E-state index is 13.2. The fourth-order valence-electron chi connectivity index (χ4n) is 4.31. The van der Waals surface area contributed by atoms with E-state index in [-0.39, 0.29) is 36.2 Å². The highest BCUT2D eigenvalue weighted by Gasteiger charge is 2.50. The second-order valence-electron chi connectivity index (χ2n) is 7.75. The summed E-state index contributed by atoms with van der Waals surface area (Å²) in [7, 11) is 0. The van der Waals surface area contributed by atoms with Gasteiger partial charge in [0.1, 0.15) is 5.92 Å². The largest absolute Gasteiger partial charge is 0.416 e. The van der Waals surface area contributed by atoms with E-state index in [1.807, 2.05) is 17.5 Å². The predicted molar refractivity (Wildman–Crippen MR) is 103 cm³/mol. The van der Waals surface area contributed by atoms with Crippen LogP contribution in [0.25, 0.3) is 0 Å². The molecule has 0 amide bonds. The predicted octanol–water partition coefficient (Wildman–Crippen LogP) is 4.85. The highest BCUT2D eigenvalue weighted by molar-refractivity contribution is 7.09. The standard InChI is InChI=1S/C22H19F3O4S/c23-22(24,25)15-5-6-17(14(9-15)10-29-11-16-2-1-7-30-16)21(28)18-19(26)12-3-4-13(8-12)20(18)27/h1-2,5-7,9,12-13,18H,3-4,8,10-11H2. The molecule has 0 radical (unpaired) electrons. The van der Waals surface area contributed by atoms with Crippen LogP contribution >= 0.6 is 11.3 Å². The minimum atomic E-state index is -4.58. The minimum Gasteiger partial charge on any atom is -0.371 e. The van der Waals surface area contributed by atoms with Crippen molar-refractivity contribution in [3.8, 4) is 0 Å². The first-order valence-electron chi connectivity index (χ1n) is 9.67. The molecule has 1 aromatic heterocycles. The molecule has 1 aromatic carbocycles. The summed E-state index contributed by atoms with van der Waals surface area (Å²) in [4.78, 5) is 39.4. The number of thiophene rings is 1. The van der Waals surface area contributed by atoms with E-state index in [1.54, 1.807) is 0 Å². The second kappa shape index (κ2) is 8.07. The lowest BCUT2D eigenvalue weighted by Gasteiger charge is -2.25. The molecule has 2 bridgehead atoms. The maximum absolute atomic E-state index is 13.2. The van der Waals surface area contributed by atoms with Crippen molar-refractivity contribution in [2.75, 3.05) is 0 Å². The van der Waals surface area contributed by atoms with E-state index in [0.29, 0.717) is 19.3 Å². The van der Waals surface area contributed by atoms with Gasteiger partial charge in [0, 0.05) is 22.3 Å². The third kappa shape index (κ3) is 3.98. The van der Waals surface area contributed by atoms with E-state index in [0.717, 1.165) is 23.1 Å². The fraction of sp³-hybridized carbons (Fsp3) is 0.409. The van der Waals surface area contributed by atoms with Gasteiger partial charge >= 0.3 is 6.18 Å². The van der Waals surface area contributed by atoms with Crippen LogP contribution in [-0.4, -0.2) is 17.3 Å². The van der Waals surface area contributed by atoms with Crippen molar-refractivity contribution < 1.29 is 32.3 Å². The lowest BCUT2D eigenvalue weighted by atomic mass is 9.75. The topological polar surface area (TPSA) is 60.4 Å². The summed E-state index contributed by atoms with van der Waals surface area (Å²) in [5.41, 5.74) is -0.928. The van der Waals surface area contributed by atoms with Crippen molar-refractivity contribution in [3.63, 3.8) is 0 Å². The molecule has 4 rings (SSSR count). The highest BCUT2D eigenvalue weighted by Crippen LogP contribution is 2.42. The number of benzene rings is 1. The molecule has 2 aromatic rings. The summed E-state index contributed by atoms with van der Waals surface area (Å²) < 4.78 is 45.1. The van der Waals surface area contributed by atoms with E-state index in [2.05, 4.69) is 0 Å². The van der Waals surface area contributed by atoms with E-state index >= 15 is 0 Å². The molecule has 2 saturated carbocycles. The van der Waals surface area contributed by atoms with E-state index in [4.69, 9.17) is 4.74 Å². The second-order valence-corrected chi connectivity index (χ2v) is 8.78. The van der Waals surface area contributed by atoms with Gasteiger partial charge in [0.25, 0.3) is 0 Å². The van der Waals surface area contributed by atoms with Crippen LogP contribution in [-0.2, 0) is 33.7 Å². The Balaban J connectivity index is 1.63. The summed E-state index contributed by atoms with van der Waals surface area (Å²) in [6.07, 6.45) is -2.93. The van der Waals surface area contributed by atoms with Gasteiger partial charge in [0.15, 0.2) is 17.3 Å². The van der Waals surface area contributed by atoms with Gasteiger partial charge in [-0.1, -0.05) is 12.1 Å². The smallest absolute Gasteiger partial charge is 0.371 e. The van der Waals surface area contributed by atoms with Crippen molar-refractivity contribution in [2.45, 2.75) is 38.7 Å². The SMILES string of the molecule is O=C(c1ccc(C(F)(F)F)cc1COCc1cccs1)C1C(=O)C2CCC(C2)C1=O. The molecule has 8 heteroatoms. The molecule has 0 spiro atoms. The maximum Gasteiger partial charge on any atom is 0.416 e. The molecule has 0 N–H and O–H groups in total. The molecular formula is C22H19F3O4S. The lowest BCUT2D eigenvalue weighted by Crippen LogP contribution is -2.41. The van der Waals surface area contributed by atoms with Crippen LogP contribution in [0.2, 0.25) is 0 Å². The first-order valence-corrected chi connectivity index (χ1v) is 10.6. The molecule has 2 aliphatic carbocycles. The van der Waals surface area contributed by atoms with E-state index < -0.39 is 35.0 Å². The van der Waals surface area contributed by atoms with E-state index in [1.165, 1.54) is 11.3 Å². The van der Waals surface area contributed by atoms with Crippen LogP contribution in [0, 0.1) is 17.8 Å². The van der Waals surface area contributed by atoms with Gasteiger partial charge in [0.2, 0.25) is 0 Å². The number of fused-ring (bicyclic) bond motifs is 2. The zero-order chi connectivity index (χ0) is 21.5. The highest BCUT2D eigenvalue weighted by atomic mass is 32.1. The lowest BCUT2D eigenvalue weighted by molar-refractivity contribution is -0.138. The van der Waals surface area contributed by atoms with Crippen LogP contribution < -0.4 is 0 Å². The van der Waals surface area contributed by atoms with Gasteiger partial charge < -0.3 is 4.74 Å². The quantitative estimate of drug-likeness (QED) is 0.480. The summed E-state index contributed by atoms with van der Waals surface area (Å²) in [5.74, 6) is -3.55. The molecular weight excluding hydrogens is 417 g/mol. The number of halogens is 3. The number of hydrogen-bond acceptors (Lipinski definition) is 5. The van der Waals surface area contributed by atoms with Gasteiger partial charge in [-0.2, -0.15) is 13.2 Å². The number of Topliss-reactive ketones (excluding diaryl/α,β-unsaturated/α-hetero) is 3. The Morgan fingerprint density at radius 1 is 1.07 bits per heavy atom. The molecule has 0 saturated heterocycles. The Hall–Kier alpha value is -2.32.